The molecule has 2 nitrogen and oxygen atoms in total. The van der Waals surface area contributed by atoms with Crippen LogP contribution in [0.5, 0.6) is 5.75 Å². The third kappa shape index (κ3) is 2.71. The zero-order chi connectivity index (χ0) is 11.4. The van der Waals surface area contributed by atoms with Crippen LogP contribution in [-0.2, 0) is 0 Å². The Bertz CT molecular complexity index is 340. The van der Waals surface area contributed by atoms with Gasteiger partial charge in [-0.2, -0.15) is 11.8 Å². The number of para-hydroxylation sites is 1. The molecule has 3 heteroatoms. The van der Waals surface area contributed by atoms with Gasteiger partial charge in [0.15, 0.2) is 0 Å². The van der Waals surface area contributed by atoms with E-state index in [1.807, 2.05) is 36.0 Å². The van der Waals surface area contributed by atoms with Crippen LogP contribution < -0.4 is 4.74 Å². The number of hydrogen-bond donors (Lipinski definition) is 1. The second-order valence-corrected chi connectivity index (χ2v) is 5.41. The van der Waals surface area contributed by atoms with Gasteiger partial charge in [-0.1, -0.05) is 25.1 Å². The molecular weight excluding hydrogens is 220 g/mol. The lowest BCUT2D eigenvalue weighted by molar-refractivity contribution is 0.0648. The Kier molecular flexibility index (Phi) is 4.13. The first-order valence-electron chi connectivity index (χ1n) is 5.82. The molecule has 1 N–H and O–H groups in total. The Balaban J connectivity index is 1.98. The minimum Gasteiger partial charge on any atom is -0.490 e. The molecule has 0 aliphatic carbocycles. The summed E-state index contributed by atoms with van der Waals surface area (Å²) >= 11 is 1.92. The van der Waals surface area contributed by atoms with Crippen molar-refractivity contribution in [1.29, 1.82) is 0 Å². The van der Waals surface area contributed by atoms with Gasteiger partial charge in [0.05, 0.1) is 6.10 Å². The lowest BCUT2D eigenvalue weighted by atomic mass is 9.98. The molecule has 0 saturated heterocycles. The van der Waals surface area contributed by atoms with Gasteiger partial charge >= 0.3 is 0 Å². The molecule has 1 aromatic carbocycles. The molecule has 0 radical (unpaired) electrons. The predicted octanol–water partition coefficient (Wildman–Crippen LogP) is 3.01. The molecule has 1 aromatic rings. The van der Waals surface area contributed by atoms with Gasteiger partial charge in [-0.05, 0) is 24.0 Å². The number of aliphatic hydroxyl groups is 1. The van der Waals surface area contributed by atoms with Crippen LogP contribution in [-0.4, -0.2) is 22.7 Å². The van der Waals surface area contributed by atoms with Crippen molar-refractivity contribution in [1.82, 2.24) is 0 Å². The summed E-state index contributed by atoms with van der Waals surface area (Å²) in [5, 5.41) is 10.0. The molecule has 2 atom stereocenters. The highest BCUT2D eigenvalue weighted by Crippen LogP contribution is 2.35. The van der Waals surface area contributed by atoms with Crippen LogP contribution in [0, 0.1) is 0 Å². The van der Waals surface area contributed by atoms with Gasteiger partial charge in [0, 0.05) is 12.0 Å². The van der Waals surface area contributed by atoms with E-state index in [9.17, 15) is 5.11 Å². The summed E-state index contributed by atoms with van der Waals surface area (Å²) in [7, 11) is 0. The SMILES string of the molecule is CCSCCC1C[C@H](O)c2ccccc2O1. The summed E-state index contributed by atoms with van der Waals surface area (Å²) in [4.78, 5) is 0. The smallest absolute Gasteiger partial charge is 0.125 e. The first-order valence-corrected chi connectivity index (χ1v) is 6.98. The predicted molar refractivity (Wildman–Crippen MR) is 68.1 cm³/mol. The van der Waals surface area contributed by atoms with Crippen molar-refractivity contribution in [2.45, 2.75) is 32.0 Å². The van der Waals surface area contributed by atoms with Crippen LogP contribution in [0.15, 0.2) is 24.3 Å². The number of rotatable bonds is 4. The van der Waals surface area contributed by atoms with Crippen LogP contribution in [0.3, 0.4) is 0 Å². The summed E-state index contributed by atoms with van der Waals surface area (Å²) < 4.78 is 5.88. The van der Waals surface area contributed by atoms with E-state index < -0.39 is 0 Å². The van der Waals surface area contributed by atoms with E-state index in [0.717, 1.165) is 35.7 Å². The van der Waals surface area contributed by atoms with Crippen molar-refractivity contribution in [3.63, 3.8) is 0 Å². The van der Waals surface area contributed by atoms with E-state index in [4.69, 9.17) is 4.74 Å². The molecule has 88 valence electrons. The maximum Gasteiger partial charge on any atom is 0.125 e. The summed E-state index contributed by atoms with van der Waals surface area (Å²) in [6.45, 7) is 2.16. The molecule has 1 aliphatic rings. The highest BCUT2D eigenvalue weighted by atomic mass is 32.2. The van der Waals surface area contributed by atoms with Crippen LogP contribution in [0.2, 0.25) is 0 Å². The monoisotopic (exact) mass is 238 g/mol. The van der Waals surface area contributed by atoms with Crippen molar-refractivity contribution < 1.29 is 9.84 Å². The van der Waals surface area contributed by atoms with Crippen molar-refractivity contribution in [2.24, 2.45) is 0 Å². The molecule has 1 aliphatic heterocycles. The number of fused-ring (bicyclic) bond motifs is 1. The largest absolute Gasteiger partial charge is 0.490 e. The molecule has 0 amide bonds. The first kappa shape index (κ1) is 11.8. The van der Waals surface area contributed by atoms with Crippen molar-refractivity contribution in [3.8, 4) is 5.75 Å². The normalized spacial score (nSPS) is 23.6. The van der Waals surface area contributed by atoms with Crippen LogP contribution in [0.25, 0.3) is 0 Å². The zero-order valence-corrected chi connectivity index (χ0v) is 10.4. The van der Waals surface area contributed by atoms with Crippen LogP contribution in [0.4, 0.5) is 0 Å². The third-order valence-electron chi connectivity index (χ3n) is 2.85. The van der Waals surface area contributed by atoms with E-state index >= 15 is 0 Å². The molecule has 0 bridgehead atoms. The zero-order valence-electron chi connectivity index (χ0n) is 9.56. The second-order valence-electron chi connectivity index (χ2n) is 4.01. The van der Waals surface area contributed by atoms with Crippen molar-refractivity contribution in [3.05, 3.63) is 29.8 Å². The van der Waals surface area contributed by atoms with Crippen LogP contribution >= 0.6 is 11.8 Å². The van der Waals surface area contributed by atoms with E-state index in [1.54, 1.807) is 0 Å². The average Bonchev–Trinajstić information content (AvgIpc) is 2.30. The van der Waals surface area contributed by atoms with Gasteiger partial charge in [0.1, 0.15) is 11.9 Å². The minimum absolute atomic E-state index is 0.170. The molecule has 0 spiro atoms. The molecular formula is C13H18O2S. The Morgan fingerprint density at radius 1 is 1.44 bits per heavy atom. The fourth-order valence-corrected chi connectivity index (χ4v) is 2.72. The van der Waals surface area contributed by atoms with E-state index in [1.165, 1.54) is 0 Å². The van der Waals surface area contributed by atoms with Crippen molar-refractivity contribution >= 4 is 11.8 Å². The number of benzene rings is 1. The standard InChI is InChI=1S/C13H18O2S/c1-2-16-8-7-10-9-12(14)11-5-3-4-6-13(11)15-10/h3-6,10,12,14H,2,7-9H2,1H3/t10?,12-/m0/s1. The molecule has 0 fully saturated rings. The molecule has 1 heterocycles. The Labute approximate surface area is 101 Å². The molecule has 0 aromatic heterocycles. The fourth-order valence-electron chi connectivity index (χ4n) is 2.00. The maximum absolute atomic E-state index is 10.0. The third-order valence-corrected chi connectivity index (χ3v) is 3.78. The quantitative estimate of drug-likeness (QED) is 0.818. The maximum atomic E-state index is 10.0. The average molecular weight is 238 g/mol. The van der Waals surface area contributed by atoms with Gasteiger partial charge < -0.3 is 9.84 Å². The summed E-state index contributed by atoms with van der Waals surface area (Å²) in [5.74, 6) is 3.11. The van der Waals surface area contributed by atoms with E-state index in [2.05, 4.69) is 6.92 Å². The molecule has 1 unspecified atom stereocenters. The van der Waals surface area contributed by atoms with E-state index in [-0.39, 0.29) is 12.2 Å². The fraction of sp³-hybridized carbons (Fsp3) is 0.538. The van der Waals surface area contributed by atoms with Gasteiger partial charge in [-0.25, -0.2) is 0 Å². The lowest BCUT2D eigenvalue weighted by Crippen LogP contribution is -2.26. The number of aliphatic hydroxyl groups excluding tert-OH is 1. The van der Waals surface area contributed by atoms with Gasteiger partial charge in [0.2, 0.25) is 0 Å². The summed E-state index contributed by atoms with van der Waals surface area (Å²) in [5.41, 5.74) is 0.932. The van der Waals surface area contributed by atoms with Gasteiger partial charge in [-0.15, -0.1) is 0 Å². The Hall–Kier alpha value is -0.670. The van der Waals surface area contributed by atoms with Gasteiger partial charge in [-0.3, -0.25) is 0 Å². The Morgan fingerprint density at radius 3 is 3.06 bits per heavy atom. The number of thioether (sulfide) groups is 1. The van der Waals surface area contributed by atoms with Gasteiger partial charge in [0.25, 0.3) is 0 Å². The summed E-state index contributed by atoms with van der Waals surface area (Å²) in [6.07, 6.45) is 1.55. The van der Waals surface area contributed by atoms with Crippen LogP contribution in [0.1, 0.15) is 31.4 Å². The van der Waals surface area contributed by atoms with Crippen molar-refractivity contribution in [2.75, 3.05) is 11.5 Å². The second kappa shape index (κ2) is 5.60. The lowest BCUT2D eigenvalue weighted by Gasteiger charge is -2.29. The highest BCUT2D eigenvalue weighted by Gasteiger charge is 2.25. The first-order chi connectivity index (χ1) is 7.81. The van der Waals surface area contributed by atoms with E-state index in [0.29, 0.717) is 0 Å². The topological polar surface area (TPSA) is 29.5 Å². The highest BCUT2D eigenvalue weighted by molar-refractivity contribution is 7.99. The molecule has 0 saturated carbocycles. The number of ether oxygens (including phenoxy) is 1. The summed E-state index contributed by atoms with van der Waals surface area (Å²) in [6, 6.07) is 7.78. The Morgan fingerprint density at radius 2 is 2.25 bits per heavy atom. The minimum atomic E-state index is -0.360. The number of hydrogen-bond acceptors (Lipinski definition) is 3. The molecule has 16 heavy (non-hydrogen) atoms. The molecule has 2 rings (SSSR count).